The van der Waals surface area contributed by atoms with Crippen LogP contribution in [0, 0.1) is 0 Å². The number of aromatic nitrogens is 1. The first-order chi connectivity index (χ1) is 12.0. The zero-order valence-electron chi connectivity index (χ0n) is 13.5. The van der Waals surface area contributed by atoms with Crippen LogP contribution in [-0.2, 0) is 4.74 Å². The van der Waals surface area contributed by atoms with Crippen molar-refractivity contribution in [2.75, 3.05) is 5.73 Å². The van der Waals surface area contributed by atoms with Gasteiger partial charge < -0.3 is 20.9 Å². The maximum absolute atomic E-state index is 12.3. The molecule has 1 aliphatic carbocycles. The number of esters is 1. The number of hydrogen-bond donors (Lipinski definition) is 3. The molecule has 0 saturated heterocycles. The molecule has 1 aromatic carbocycles. The first-order valence-corrected chi connectivity index (χ1v) is 8.05. The topological polar surface area (TPSA) is 115 Å². The van der Waals surface area contributed by atoms with Gasteiger partial charge in [0.05, 0.1) is 6.04 Å². The van der Waals surface area contributed by atoms with Gasteiger partial charge in [-0.15, -0.1) is 0 Å². The summed E-state index contributed by atoms with van der Waals surface area (Å²) < 4.78 is 5.50. The number of carbonyl (C=O) groups is 2. The smallest absolute Gasteiger partial charge is 0.342 e. The van der Waals surface area contributed by atoms with Crippen LogP contribution in [0.3, 0.4) is 0 Å². The first kappa shape index (κ1) is 16.8. The fraction of sp³-hybridized carbons (Fsp3) is 0.278. The van der Waals surface area contributed by atoms with Gasteiger partial charge >= 0.3 is 5.97 Å². The Hall–Kier alpha value is -3.09. The normalized spacial score (nSPS) is 19.4. The third-order valence-electron chi connectivity index (χ3n) is 4.21. The second-order valence-electron chi connectivity index (χ2n) is 5.97. The van der Waals surface area contributed by atoms with Crippen molar-refractivity contribution in [2.45, 2.75) is 31.4 Å². The lowest BCUT2D eigenvalue weighted by Crippen LogP contribution is -2.42. The minimum atomic E-state index is -0.632. The molecule has 1 amide bonds. The lowest BCUT2D eigenvalue weighted by atomic mass is 10.1. The van der Waals surface area contributed by atoms with Gasteiger partial charge in [-0.25, -0.2) is 4.79 Å². The maximum Gasteiger partial charge on any atom is 0.342 e. The van der Waals surface area contributed by atoms with Crippen LogP contribution in [0.4, 0.5) is 5.69 Å². The molecular weight excluding hydrogens is 322 g/mol. The second-order valence-corrected chi connectivity index (χ2v) is 5.97. The van der Waals surface area contributed by atoms with Crippen molar-refractivity contribution < 1.29 is 19.4 Å². The highest BCUT2D eigenvalue weighted by Gasteiger charge is 2.32. The van der Waals surface area contributed by atoms with Gasteiger partial charge in [-0.1, -0.05) is 0 Å². The number of nitrogen functional groups attached to an aromatic ring is 1. The Bertz CT molecular complexity index is 779. The summed E-state index contributed by atoms with van der Waals surface area (Å²) in [5, 5.41) is 12.7. The van der Waals surface area contributed by atoms with Crippen LogP contribution in [0.2, 0.25) is 0 Å². The van der Waals surface area contributed by atoms with Crippen LogP contribution >= 0.6 is 0 Å². The Labute approximate surface area is 144 Å². The van der Waals surface area contributed by atoms with E-state index < -0.39 is 12.1 Å². The van der Waals surface area contributed by atoms with Crippen LogP contribution in [0.1, 0.15) is 40.0 Å². The minimum absolute atomic E-state index is 0.0558. The number of pyridine rings is 1. The fourth-order valence-electron chi connectivity index (χ4n) is 2.91. The molecule has 3 rings (SSSR count). The highest BCUT2D eigenvalue weighted by atomic mass is 16.5. The van der Waals surface area contributed by atoms with E-state index in [2.05, 4.69) is 10.3 Å². The number of rotatable bonds is 4. The van der Waals surface area contributed by atoms with Crippen LogP contribution < -0.4 is 11.1 Å². The van der Waals surface area contributed by atoms with Crippen LogP contribution in [-0.4, -0.2) is 34.1 Å². The number of phenolic OH excluding ortho intramolecular Hbond substituents is 1. The zero-order chi connectivity index (χ0) is 17.8. The van der Waals surface area contributed by atoms with Crippen molar-refractivity contribution in [1.82, 2.24) is 10.3 Å². The summed E-state index contributed by atoms with van der Waals surface area (Å²) in [6.07, 6.45) is 4.88. The van der Waals surface area contributed by atoms with E-state index in [4.69, 9.17) is 10.5 Å². The molecule has 1 saturated carbocycles. The van der Waals surface area contributed by atoms with E-state index >= 15 is 0 Å². The molecule has 130 valence electrons. The van der Waals surface area contributed by atoms with Gasteiger partial charge in [0.2, 0.25) is 0 Å². The van der Waals surface area contributed by atoms with Gasteiger partial charge in [0.25, 0.3) is 5.91 Å². The SMILES string of the molecule is Nc1ccc(C(=O)O[C@@H]2CCC[C@H]2NC(=O)c2ccncc2)c(O)c1. The van der Waals surface area contributed by atoms with Gasteiger partial charge in [-0.2, -0.15) is 0 Å². The standard InChI is InChI=1S/C18H19N3O4/c19-12-4-5-13(15(22)10-12)18(24)25-16-3-1-2-14(16)21-17(23)11-6-8-20-9-7-11/h4-10,14,16,22H,1-3,19H2,(H,21,23)/t14-,16-/m1/s1. The molecule has 25 heavy (non-hydrogen) atoms. The quantitative estimate of drug-likeness (QED) is 0.578. The molecule has 1 heterocycles. The van der Waals surface area contributed by atoms with Gasteiger partial charge in [-0.05, 0) is 43.5 Å². The summed E-state index contributed by atoms with van der Waals surface area (Å²) in [6.45, 7) is 0. The fourth-order valence-corrected chi connectivity index (χ4v) is 2.91. The summed E-state index contributed by atoms with van der Waals surface area (Å²) in [5.74, 6) is -1.08. The number of nitrogens with two attached hydrogens (primary N) is 1. The van der Waals surface area contributed by atoms with Crippen molar-refractivity contribution in [3.05, 3.63) is 53.9 Å². The summed E-state index contributed by atoms with van der Waals surface area (Å²) >= 11 is 0. The monoisotopic (exact) mass is 341 g/mol. The Morgan fingerprint density at radius 1 is 1.20 bits per heavy atom. The summed E-state index contributed by atoms with van der Waals surface area (Å²) in [4.78, 5) is 28.4. The number of carbonyl (C=O) groups excluding carboxylic acids is 2. The molecule has 0 bridgehead atoms. The Morgan fingerprint density at radius 3 is 2.68 bits per heavy atom. The molecular formula is C18H19N3O4. The lowest BCUT2D eigenvalue weighted by Gasteiger charge is -2.21. The Kier molecular flexibility index (Phi) is 4.83. The van der Waals surface area contributed by atoms with E-state index in [9.17, 15) is 14.7 Å². The summed E-state index contributed by atoms with van der Waals surface area (Å²) in [7, 11) is 0. The number of anilines is 1. The van der Waals surface area contributed by atoms with Gasteiger partial charge in [0, 0.05) is 29.7 Å². The Morgan fingerprint density at radius 2 is 1.96 bits per heavy atom. The van der Waals surface area contributed by atoms with Gasteiger partial charge in [0.1, 0.15) is 17.4 Å². The maximum atomic E-state index is 12.3. The van der Waals surface area contributed by atoms with Crippen molar-refractivity contribution >= 4 is 17.6 Å². The molecule has 4 N–H and O–H groups in total. The summed E-state index contributed by atoms with van der Waals surface area (Å²) in [6, 6.07) is 7.23. The number of benzene rings is 1. The highest BCUT2D eigenvalue weighted by molar-refractivity contribution is 5.94. The number of ether oxygens (including phenoxy) is 1. The van der Waals surface area contributed by atoms with Crippen molar-refractivity contribution in [3.8, 4) is 5.75 Å². The molecule has 1 aliphatic rings. The van der Waals surface area contributed by atoms with Crippen LogP contribution in [0.25, 0.3) is 0 Å². The number of phenols is 1. The highest BCUT2D eigenvalue weighted by Crippen LogP contribution is 2.26. The molecule has 7 heteroatoms. The minimum Gasteiger partial charge on any atom is -0.507 e. The largest absolute Gasteiger partial charge is 0.507 e. The third kappa shape index (κ3) is 3.88. The second kappa shape index (κ2) is 7.21. The van der Waals surface area contributed by atoms with E-state index in [0.717, 1.165) is 12.8 Å². The number of hydrogen-bond acceptors (Lipinski definition) is 6. The van der Waals surface area contributed by atoms with Crippen LogP contribution in [0.5, 0.6) is 5.75 Å². The van der Waals surface area contributed by atoms with E-state index in [1.807, 2.05) is 0 Å². The van der Waals surface area contributed by atoms with E-state index in [-0.39, 0.29) is 23.3 Å². The molecule has 2 aromatic rings. The number of nitrogens with zero attached hydrogens (tertiary/aromatic N) is 1. The van der Waals surface area contributed by atoms with Gasteiger partial charge in [0.15, 0.2) is 0 Å². The third-order valence-corrected chi connectivity index (χ3v) is 4.21. The van der Waals surface area contributed by atoms with Crippen LogP contribution in [0.15, 0.2) is 42.7 Å². The first-order valence-electron chi connectivity index (χ1n) is 8.05. The number of aromatic hydroxyl groups is 1. The predicted octanol–water partition coefficient (Wildman–Crippen LogP) is 1.88. The van der Waals surface area contributed by atoms with Crippen molar-refractivity contribution in [2.24, 2.45) is 0 Å². The molecule has 0 unspecified atom stereocenters. The molecule has 1 aromatic heterocycles. The summed E-state index contributed by atoms with van der Waals surface area (Å²) in [5.41, 5.74) is 6.48. The molecule has 0 spiro atoms. The number of amides is 1. The lowest BCUT2D eigenvalue weighted by molar-refractivity contribution is 0.0247. The zero-order valence-corrected chi connectivity index (χ0v) is 13.5. The predicted molar refractivity (Wildman–Crippen MR) is 91.1 cm³/mol. The average molecular weight is 341 g/mol. The van der Waals surface area contributed by atoms with E-state index in [0.29, 0.717) is 17.7 Å². The molecule has 0 aliphatic heterocycles. The molecule has 1 fully saturated rings. The Balaban J connectivity index is 1.65. The van der Waals surface area contributed by atoms with Gasteiger partial charge in [-0.3, -0.25) is 9.78 Å². The molecule has 2 atom stereocenters. The number of nitrogens with one attached hydrogen (secondary N) is 1. The van der Waals surface area contributed by atoms with E-state index in [1.165, 1.54) is 18.2 Å². The van der Waals surface area contributed by atoms with Crippen molar-refractivity contribution in [1.29, 1.82) is 0 Å². The van der Waals surface area contributed by atoms with E-state index in [1.54, 1.807) is 24.5 Å². The molecule has 0 radical (unpaired) electrons. The van der Waals surface area contributed by atoms with Crippen molar-refractivity contribution in [3.63, 3.8) is 0 Å². The molecule has 7 nitrogen and oxygen atoms in total. The average Bonchev–Trinajstić information content (AvgIpc) is 3.02.